The molecule has 3 rings (SSSR count). The molecule has 16 heavy (non-hydrogen) atoms. The second-order valence-corrected chi connectivity index (χ2v) is 4.18. The summed E-state index contributed by atoms with van der Waals surface area (Å²) in [5, 5.41) is 2.79. The molecule has 1 fully saturated rings. The maximum absolute atomic E-state index is 12.0. The Hall–Kier alpha value is -1.39. The molecule has 1 aromatic rings. The molecular formula is C12H13NO3. The molecule has 0 unspecified atom stereocenters. The average molecular weight is 219 g/mol. The second kappa shape index (κ2) is 3.30. The zero-order chi connectivity index (χ0) is 11.2. The summed E-state index contributed by atoms with van der Waals surface area (Å²) in [5.74, 6) is -1.44. The van der Waals surface area contributed by atoms with Crippen molar-refractivity contribution in [3.05, 3.63) is 29.8 Å². The van der Waals surface area contributed by atoms with E-state index < -0.39 is 5.79 Å². The first-order valence-electron chi connectivity index (χ1n) is 5.45. The van der Waals surface area contributed by atoms with Crippen molar-refractivity contribution < 1.29 is 14.3 Å². The number of carbonyl (C=O) groups excluding carboxylic acids is 1. The number of benzene rings is 1. The number of ether oxygens (including phenoxy) is 2. The Bertz CT molecular complexity index is 446. The minimum absolute atomic E-state index is 0.0330. The van der Waals surface area contributed by atoms with E-state index in [2.05, 4.69) is 5.32 Å². The lowest BCUT2D eigenvalue weighted by Gasteiger charge is -2.35. The van der Waals surface area contributed by atoms with Gasteiger partial charge < -0.3 is 14.8 Å². The third-order valence-corrected chi connectivity index (χ3v) is 3.03. The predicted octanol–water partition coefficient (Wildman–Crippen LogP) is 1.62. The topological polar surface area (TPSA) is 47.6 Å². The number of carbonyl (C=O) groups is 1. The van der Waals surface area contributed by atoms with Crippen molar-refractivity contribution >= 4 is 11.6 Å². The average Bonchev–Trinajstić information content (AvgIpc) is 2.53. The van der Waals surface area contributed by atoms with E-state index in [-0.39, 0.29) is 12.0 Å². The fourth-order valence-electron chi connectivity index (χ4n) is 2.21. The third-order valence-electron chi connectivity index (χ3n) is 3.03. The summed E-state index contributed by atoms with van der Waals surface area (Å²) in [6, 6.07) is 7.48. The van der Waals surface area contributed by atoms with Crippen LogP contribution in [0.1, 0.15) is 18.9 Å². The monoisotopic (exact) mass is 219 g/mol. The van der Waals surface area contributed by atoms with Crippen LogP contribution in [0.15, 0.2) is 24.3 Å². The van der Waals surface area contributed by atoms with Gasteiger partial charge in [-0.15, -0.1) is 0 Å². The fraction of sp³-hybridized carbons (Fsp3) is 0.417. The normalized spacial score (nSPS) is 32.6. The van der Waals surface area contributed by atoms with E-state index in [1.165, 1.54) is 0 Å². The Morgan fingerprint density at radius 2 is 2.25 bits per heavy atom. The van der Waals surface area contributed by atoms with Crippen LogP contribution in [0.3, 0.4) is 0 Å². The lowest BCUT2D eigenvalue weighted by molar-refractivity contribution is -0.276. The van der Waals surface area contributed by atoms with E-state index >= 15 is 0 Å². The summed E-state index contributed by atoms with van der Waals surface area (Å²) in [5.41, 5.74) is 1.56. The van der Waals surface area contributed by atoms with Crippen LogP contribution in [0.2, 0.25) is 0 Å². The van der Waals surface area contributed by atoms with Crippen LogP contribution >= 0.6 is 0 Å². The number of anilines is 1. The van der Waals surface area contributed by atoms with Crippen LogP contribution < -0.4 is 5.32 Å². The van der Waals surface area contributed by atoms with Crippen LogP contribution in [0.5, 0.6) is 0 Å². The molecule has 2 aliphatic heterocycles. The Balaban J connectivity index is 2.09. The summed E-state index contributed by atoms with van der Waals surface area (Å²) in [6.07, 6.45) is 0.850. The van der Waals surface area contributed by atoms with Gasteiger partial charge in [0.1, 0.15) is 0 Å². The van der Waals surface area contributed by atoms with Crippen LogP contribution in [0, 0.1) is 0 Å². The lowest BCUT2D eigenvalue weighted by Crippen LogP contribution is -2.46. The Labute approximate surface area is 93.5 Å². The SMILES string of the molecule is C[C@@H]1CCO[C@@]2(O1)C(=O)Nc1ccccc12. The summed E-state index contributed by atoms with van der Waals surface area (Å²) >= 11 is 0. The largest absolute Gasteiger partial charge is 0.338 e. The molecule has 0 aliphatic carbocycles. The predicted molar refractivity (Wildman–Crippen MR) is 57.9 cm³/mol. The van der Waals surface area contributed by atoms with E-state index in [1.807, 2.05) is 31.2 Å². The summed E-state index contributed by atoms with van der Waals surface area (Å²) in [6.45, 7) is 2.50. The van der Waals surface area contributed by atoms with E-state index in [0.717, 1.165) is 17.7 Å². The first-order valence-corrected chi connectivity index (χ1v) is 5.45. The molecule has 2 atom stereocenters. The molecule has 0 radical (unpaired) electrons. The fourth-order valence-corrected chi connectivity index (χ4v) is 2.21. The van der Waals surface area contributed by atoms with Crippen LogP contribution in [0.4, 0.5) is 5.69 Å². The molecule has 1 aromatic carbocycles. The molecular weight excluding hydrogens is 206 g/mol. The standard InChI is InChI=1S/C12H13NO3/c1-8-6-7-15-12(16-8)9-4-2-3-5-10(9)13-11(12)14/h2-5,8H,6-7H2,1H3,(H,13,14)/t8-,12+/m1/s1. The Morgan fingerprint density at radius 3 is 3.06 bits per heavy atom. The van der Waals surface area contributed by atoms with Gasteiger partial charge in [0, 0.05) is 5.56 Å². The molecule has 84 valence electrons. The first-order chi connectivity index (χ1) is 7.72. The van der Waals surface area contributed by atoms with Gasteiger partial charge in [0.25, 0.3) is 11.7 Å². The van der Waals surface area contributed by atoms with Crippen molar-refractivity contribution in [1.82, 2.24) is 0 Å². The highest BCUT2D eigenvalue weighted by atomic mass is 16.7. The molecule has 1 amide bonds. The van der Waals surface area contributed by atoms with Crippen molar-refractivity contribution in [1.29, 1.82) is 0 Å². The highest BCUT2D eigenvalue weighted by Crippen LogP contribution is 2.42. The Morgan fingerprint density at radius 1 is 1.44 bits per heavy atom. The highest BCUT2D eigenvalue weighted by Gasteiger charge is 2.52. The van der Waals surface area contributed by atoms with Gasteiger partial charge in [0.2, 0.25) is 0 Å². The molecule has 1 spiro atoms. The number of amides is 1. The summed E-state index contributed by atoms with van der Waals surface area (Å²) < 4.78 is 11.3. The maximum atomic E-state index is 12.0. The zero-order valence-corrected chi connectivity index (χ0v) is 9.03. The molecule has 0 bridgehead atoms. The minimum Gasteiger partial charge on any atom is -0.338 e. The molecule has 0 aromatic heterocycles. The van der Waals surface area contributed by atoms with E-state index in [1.54, 1.807) is 0 Å². The first kappa shape index (κ1) is 9.81. The number of hydrogen-bond donors (Lipinski definition) is 1. The van der Waals surface area contributed by atoms with Gasteiger partial charge in [-0.1, -0.05) is 18.2 Å². The van der Waals surface area contributed by atoms with Crippen molar-refractivity contribution in [2.24, 2.45) is 0 Å². The van der Waals surface area contributed by atoms with Crippen LogP contribution in [-0.4, -0.2) is 18.6 Å². The van der Waals surface area contributed by atoms with Gasteiger partial charge in [-0.3, -0.25) is 4.79 Å². The van der Waals surface area contributed by atoms with E-state index in [0.29, 0.717) is 6.61 Å². The lowest BCUT2D eigenvalue weighted by atomic mass is 10.1. The zero-order valence-electron chi connectivity index (χ0n) is 9.03. The van der Waals surface area contributed by atoms with Gasteiger partial charge in [-0.2, -0.15) is 0 Å². The molecule has 2 heterocycles. The van der Waals surface area contributed by atoms with Gasteiger partial charge in [-0.25, -0.2) is 0 Å². The van der Waals surface area contributed by atoms with Crippen molar-refractivity contribution in [3.63, 3.8) is 0 Å². The third kappa shape index (κ3) is 1.20. The maximum Gasteiger partial charge on any atom is 0.289 e. The highest BCUT2D eigenvalue weighted by molar-refractivity contribution is 6.04. The molecule has 4 nitrogen and oxygen atoms in total. The molecule has 1 saturated heterocycles. The molecule has 0 saturated carbocycles. The summed E-state index contributed by atoms with van der Waals surface area (Å²) in [4.78, 5) is 12.0. The molecule has 4 heteroatoms. The van der Waals surface area contributed by atoms with Gasteiger partial charge in [0.15, 0.2) is 0 Å². The molecule has 1 N–H and O–H groups in total. The summed E-state index contributed by atoms with van der Waals surface area (Å²) in [7, 11) is 0. The second-order valence-electron chi connectivity index (χ2n) is 4.18. The van der Waals surface area contributed by atoms with Crippen LogP contribution in [0.25, 0.3) is 0 Å². The van der Waals surface area contributed by atoms with Crippen molar-refractivity contribution in [2.75, 3.05) is 11.9 Å². The minimum atomic E-state index is -1.21. The van der Waals surface area contributed by atoms with Crippen molar-refractivity contribution in [3.8, 4) is 0 Å². The van der Waals surface area contributed by atoms with E-state index in [4.69, 9.17) is 9.47 Å². The van der Waals surface area contributed by atoms with Gasteiger partial charge in [0.05, 0.1) is 18.4 Å². The number of fused-ring (bicyclic) bond motifs is 2. The number of nitrogens with one attached hydrogen (secondary N) is 1. The quantitative estimate of drug-likeness (QED) is 0.721. The number of rotatable bonds is 0. The number of hydrogen-bond acceptors (Lipinski definition) is 3. The molecule has 2 aliphatic rings. The van der Waals surface area contributed by atoms with Gasteiger partial charge in [-0.05, 0) is 19.4 Å². The Kier molecular flexibility index (Phi) is 2.02. The van der Waals surface area contributed by atoms with Crippen molar-refractivity contribution in [2.45, 2.75) is 25.2 Å². The van der Waals surface area contributed by atoms with Crippen LogP contribution in [-0.2, 0) is 20.1 Å². The van der Waals surface area contributed by atoms with Gasteiger partial charge >= 0.3 is 0 Å². The van der Waals surface area contributed by atoms with E-state index in [9.17, 15) is 4.79 Å². The number of para-hydroxylation sites is 1. The smallest absolute Gasteiger partial charge is 0.289 e.